The van der Waals surface area contributed by atoms with E-state index in [0.717, 1.165) is 11.1 Å². The van der Waals surface area contributed by atoms with Gasteiger partial charge in [-0.1, -0.05) is 13.8 Å². The summed E-state index contributed by atoms with van der Waals surface area (Å²) in [7, 11) is 1.75. The second-order valence-corrected chi connectivity index (χ2v) is 4.92. The smallest absolute Gasteiger partial charge is 0.274 e. The molecule has 2 heterocycles. The Labute approximate surface area is 112 Å². The first kappa shape index (κ1) is 13.3. The number of amides is 1. The predicted octanol–water partition coefficient (Wildman–Crippen LogP) is 2.50. The molecule has 2 aromatic rings. The summed E-state index contributed by atoms with van der Waals surface area (Å²) >= 11 is 0. The number of nitrogens with one attached hydrogen (secondary N) is 1. The lowest BCUT2D eigenvalue weighted by atomic mass is 10.1. The van der Waals surface area contributed by atoms with Gasteiger partial charge in [0.1, 0.15) is 5.69 Å². The van der Waals surface area contributed by atoms with E-state index in [1.807, 2.05) is 19.2 Å². The topological polar surface area (TPSA) is 59.8 Å². The van der Waals surface area contributed by atoms with E-state index < -0.39 is 0 Å². The fourth-order valence-corrected chi connectivity index (χ4v) is 1.91. The summed E-state index contributed by atoms with van der Waals surface area (Å²) in [6, 6.07) is 1.95. The van der Waals surface area contributed by atoms with Gasteiger partial charge in [0.25, 0.3) is 5.91 Å². The summed E-state index contributed by atoms with van der Waals surface area (Å²) in [6.07, 6.45) is 5.14. The minimum Gasteiger partial charge on any atom is -0.319 e. The molecule has 0 spiro atoms. The van der Waals surface area contributed by atoms with Crippen molar-refractivity contribution in [3.05, 3.63) is 41.5 Å². The lowest BCUT2D eigenvalue weighted by molar-refractivity contribution is 0.101. The summed E-state index contributed by atoms with van der Waals surface area (Å²) in [5, 5.41) is 6.92. The normalized spacial score (nSPS) is 10.8. The lowest BCUT2D eigenvalue weighted by Gasteiger charge is -2.09. The van der Waals surface area contributed by atoms with Crippen LogP contribution < -0.4 is 5.32 Å². The Balaban J connectivity index is 2.22. The quantitative estimate of drug-likeness (QED) is 0.920. The van der Waals surface area contributed by atoms with Crippen LogP contribution >= 0.6 is 0 Å². The second-order valence-electron chi connectivity index (χ2n) is 4.92. The minimum atomic E-state index is -0.166. The van der Waals surface area contributed by atoms with Gasteiger partial charge in [0.2, 0.25) is 0 Å². The van der Waals surface area contributed by atoms with Gasteiger partial charge in [0.05, 0.1) is 18.1 Å². The first-order valence-corrected chi connectivity index (χ1v) is 6.24. The third-order valence-electron chi connectivity index (χ3n) is 3.02. The van der Waals surface area contributed by atoms with Crippen LogP contribution in [-0.2, 0) is 7.05 Å². The molecule has 5 nitrogen and oxygen atoms in total. The zero-order valence-electron chi connectivity index (χ0n) is 11.6. The van der Waals surface area contributed by atoms with Crippen molar-refractivity contribution in [3.63, 3.8) is 0 Å². The molecular formula is C14H18N4O. The second kappa shape index (κ2) is 5.22. The maximum Gasteiger partial charge on any atom is 0.274 e. The maximum absolute atomic E-state index is 12.2. The molecule has 0 saturated carbocycles. The van der Waals surface area contributed by atoms with Crippen LogP contribution in [0.2, 0.25) is 0 Å². The predicted molar refractivity (Wildman–Crippen MR) is 74.2 cm³/mol. The summed E-state index contributed by atoms with van der Waals surface area (Å²) in [5.74, 6) is 0.211. The Morgan fingerprint density at radius 3 is 2.63 bits per heavy atom. The number of hydrogen-bond acceptors (Lipinski definition) is 3. The Morgan fingerprint density at radius 1 is 1.32 bits per heavy atom. The van der Waals surface area contributed by atoms with Gasteiger partial charge in [-0.05, 0) is 30.0 Å². The Morgan fingerprint density at radius 2 is 2.05 bits per heavy atom. The van der Waals surface area contributed by atoms with Crippen LogP contribution in [0.1, 0.15) is 41.4 Å². The first-order chi connectivity index (χ1) is 8.99. The number of carbonyl (C=O) groups is 1. The van der Waals surface area contributed by atoms with E-state index in [0.29, 0.717) is 17.3 Å². The van der Waals surface area contributed by atoms with Crippen molar-refractivity contribution in [1.29, 1.82) is 0 Å². The summed E-state index contributed by atoms with van der Waals surface area (Å²) in [6.45, 7) is 6.05. The number of hydrogen-bond donors (Lipinski definition) is 1. The molecule has 100 valence electrons. The molecule has 0 fully saturated rings. The fraction of sp³-hybridized carbons (Fsp3) is 0.357. The molecule has 0 aromatic carbocycles. The molecule has 0 atom stereocenters. The van der Waals surface area contributed by atoms with E-state index in [9.17, 15) is 4.79 Å². The van der Waals surface area contributed by atoms with Gasteiger partial charge in [-0.15, -0.1) is 0 Å². The van der Waals surface area contributed by atoms with Crippen LogP contribution in [-0.4, -0.2) is 20.7 Å². The van der Waals surface area contributed by atoms with Gasteiger partial charge in [0, 0.05) is 13.2 Å². The molecule has 0 radical (unpaired) electrons. The monoisotopic (exact) mass is 258 g/mol. The van der Waals surface area contributed by atoms with Crippen molar-refractivity contribution in [2.75, 3.05) is 5.32 Å². The molecule has 0 bridgehead atoms. The highest BCUT2D eigenvalue weighted by molar-refractivity contribution is 6.03. The zero-order valence-corrected chi connectivity index (χ0v) is 11.6. The number of nitrogens with zero attached hydrogens (tertiary/aromatic N) is 3. The minimum absolute atomic E-state index is 0.166. The third-order valence-corrected chi connectivity index (χ3v) is 3.02. The summed E-state index contributed by atoms with van der Waals surface area (Å²) < 4.78 is 1.57. The highest BCUT2D eigenvalue weighted by atomic mass is 16.2. The molecule has 0 aliphatic rings. The number of rotatable bonds is 3. The fourth-order valence-electron chi connectivity index (χ4n) is 1.91. The third kappa shape index (κ3) is 2.81. The van der Waals surface area contributed by atoms with Crippen LogP contribution in [0, 0.1) is 6.92 Å². The Hall–Kier alpha value is -2.17. The van der Waals surface area contributed by atoms with Gasteiger partial charge < -0.3 is 5.32 Å². The van der Waals surface area contributed by atoms with Gasteiger partial charge in [0.15, 0.2) is 0 Å². The molecule has 2 aromatic heterocycles. The van der Waals surface area contributed by atoms with E-state index in [1.54, 1.807) is 24.1 Å². The molecule has 5 heteroatoms. The molecule has 0 aliphatic heterocycles. The number of aromatic nitrogens is 3. The molecular weight excluding hydrogens is 240 g/mol. The summed E-state index contributed by atoms with van der Waals surface area (Å²) in [5.41, 5.74) is 3.22. The standard InChI is InChI=1S/C14H18N4O/c1-9(2)11-5-12(8-15-7-11)17-14(19)13-10(3)6-16-18(13)4/h5-9H,1-4H3,(H,17,19). The largest absolute Gasteiger partial charge is 0.319 e. The van der Waals surface area contributed by atoms with Crippen molar-refractivity contribution >= 4 is 11.6 Å². The molecule has 1 amide bonds. The van der Waals surface area contributed by atoms with Crippen molar-refractivity contribution in [3.8, 4) is 0 Å². The van der Waals surface area contributed by atoms with Crippen LogP contribution in [0.5, 0.6) is 0 Å². The lowest BCUT2D eigenvalue weighted by Crippen LogP contribution is -2.17. The van der Waals surface area contributed by atoms with E-state index in [-0.39, 0.29) is 5.91 Å². The van der Waals surface area contributed by atoms with Crippen molar-refractivity contribution < 1.29 is 4.79 Å². The molecule has 0 unspecified atom stereocenters. The van der Waals surface area contributed by atoms with Gasteiger partial charge in [-0.2, -0.15) is 5.10 Å². The average molecular weight is 258 g/mol. The highest BCUT2D eigenvalue weighted by Crippen LogP contribution is 2.18. The van der Waals surface area contributed by atoms with Crippen LogP contribution in [0.4, 0.5) is 5.69 Å². The Bertz CT molecular complexity index is 582. The van der Waals surface area contributed by atoms with Gasteiger partial charge in [-0.3, -0.25) is 14.5 Å². The molecule has 1 N–H and O–H groups in total. The van der Waals surface area contributed by atoms with E-state index >= 15 is 0 Å². The zero-order chi connectivity index (χ0) is 14.0. The molecule has 0 saturated heterocycles. The van der Waals surface area contributed by atoms with Crippen molar-refractivity contribution in [2.45, 2.75) is 26.7 Å². The molecule has 2 rings (SSSR count). The Kier molecular flexibility index (Phi) is 3.64. The first-order valence-electron chi connectivity index (χ1n) is 6.24. The van der Waals surface area contributed by atoms with Crippen molar-refractivity contribution in [2.24, 2.45) is 7.05 Å². The van der Waals surface area contributed by atoms with Crippen LogP contribution in [0.3, 0.4) is 0 Å². The molecule has 19 heavy (non-hydrogen) atoms. The van der Waals surface area contributed by atoms with E-state index in [4.69, 9.17) is 0 Å². The van der Waals surface area contributed by atoms with Crippen molar-refractivity contribution in [1.82, 2.24) is 14.8 Å². The molecule has 0 aliphatic carbocycles. The number of pyridine rings is 1. The number of carbonyl (C=O) groups excluding carboxylic acids is 1. The number of anilines is 1. The van der Waals surface area contributed by atoms with E-state index in [2.05, 4.69) is 29.2 Å². The van der Waals surface area contributed by atoms with Gasteiger partial charge in [-0.25, -0.2) is 0 Å². The average Bonchev–Trinajstić information content (AvgIpc) is 2.69. The van der Waals surface area contributed by atoms with Crippen LogP contribution in [0.15, 0.2) is 24.7 Å². The van der Waals surface area contributed by atoms with Gasteiger partial charge >= 0.3 is 0 Å². The highest BCUT2D eigenvalue weighted by Gasteiger charge is 2.14. The maximum atomic E-state index is 12.2. The summed E-state index contributed by atoms with van der Waals surface area (Å²) in [4.78, 5) is 16.3. The van der Waals surface area contributed by atoms with Crippen LogP contribution in [0.25, 0.3) is 0 Å². The number of aryl methyl sites for hydroxylation is 2. The SMILES string of the molecule is Cc1cnn(C)c1C(=O)Nc1cncc(C(C)C)c1. The van der Waals surface area contributed by atoms with E-state index in [1.165, 1.54) is 0 Å².